The first-order valence-electron chi connectivity index (χ1n) is 5.55. The molecule has 2 aromatic rings. The van der Waals surface area contributed by atoms with Crippen molar-refractivity contribution in [1.29, 1.82) is 0 Å². The number of aromatic nitrogens is 3. The fraction of sp³-hybridized carbons (Fsp3) is 0.167. The number of aromatic carboxylic acids is 1. The summed E-state index contributed by atoms with van der Waals surface area (Å²) in [5, 5.41) is 12.5. The monoisotopic (exact) mass is 339 g/mol. The number of halogens is 1. The molecule has 1 heterocycles. The Balaban J connectivity index is 2.76. The van der Waals surface area contributed by atoms with Crippen molar-refractivity contribution in [1.82, 2.24) is 14.8 Å². The molecule has 104 valence electrons. The first kappa shape index (κ1) is 14.2. The van der Waals surface area contributed by atoms with E-state index >= 15 is 0 Å². The van der Waals surface area contributed by atoms with Crippen LogP contribution >= 0.6 is 15.9 Å². The Morgan fingerprint density at radius 3 is 2.35 bits per heavy atom. The summed E-state index contributed by atoms with van der Waals surface area (Å²) in [5.41, 5.74) is -0.450. The minimum absolute atomic E-state index is 0.381. The summed E-state index contributed by atoms with van der Waals surface area (Å²) in [6, 6.07) is 3.32. The van der Waals surface area contributed by atoms with E-state index in [1.165, 1.54) is 0 Å². The molecule has 0 aliphatic rings. The average molecular weight is 340 g/mol. The molecule has 0 aliphatic heterocycles. The Morgan fingerprint density at radius 2 is 1.85 bits per heavy atom. The second-order valence-corrected chi connectivity index (χ2v) is 5.01. The molecule has 2 N–H and O–H groups in total. The van der Waals surface area contributed by atoms with Crippen LogP contribution in [0, 0.1) is 13.8 Å². The van der Waals surface area contributed by atoms with Crippen molar-refractivity contribution < 1.29 is 9.90 Å². The molecular formula is C12H10BrN3O4. The van der Waals surface area contributed by atoms with Gasteiger partial charge in [0, 0.05) is 4.47 Å². The highest BCUT2D eigenvalue weighted by atomic mass is 79.9. The first-order valence-corrected chi connectivity index (χ1v) is 6.34. The minimum atomic E-state index is -1.49. The van der Waals surface area contributed by atoms with Gasteiger partial charge in [0.15, 0.2) is 0 Å². The number of rotatable bonds is 2. The lowest BCUT2D eigenvalue weighted by Gasteiger charge is -2.09. The van der Waals surface area contributed by atoms with Crippen molar-refractivity contribution in [3.63, 3.8) is 0 Å². The molecule has 0 fully saturated rings. The van der Waals surface area contributed by atoms with E-state index in [0.717, 1.165) is 20.3 Å². The smallest absolute Gasteiger partial charge is 0.362 e. The van der Waals surface area contributed by atoms with Gasteiger partial charge in [-0.15, -0.1) is 0 Å². The molecule has 0 spiro atoms. The Morgan fingerprint density at radius 1 is 1.30 bits per heavy atom. The van der Waals surface area contributed by atoms with Crippen LogP contribution in [0.1, 0.15) is 21.6 Å². The number of carboxylic acids is 1. The van der Waals surface area contributed by atoms with Crippen LogP contribution in [0.15, 0.2) is 26.2 Å². The van der Waals surface area contributed by atoms with Gasteiger partial charge in [-0.25, -0.2) is 9.59 Å². The van der Waals surface area contributed by atoms with E-state index in [1.807, 2.05) is 18.8 Å². The molecule has 0 saturated heterocycles. The standard InChI is InChI=1S/C12H10BrN3O4/c1-5-3-7(4-6(2)8(5)13)16-12(20)14-10(17)9(15-16)11(18)19/h3-4H,1-2H3,(H,18,19)(H,14,17,20). The molecule has 20 heavy (non-hydrogen) atoms. The summed E-state index contributed by atoms with van der Waals surface area (Å²) < 4.78 is 1.74. The van der Waals surface area contributed by atoms with Gasteiger partial charge in [-0.2, -0.15) is 9.78 Å². The fourth-order valence-electron chi connectivity index (χ4n) is 1.76. The highest BCUT2D eigenvalue weighted by molar-refractivity contribution is 9.10. The predicted molar refractivity (Wildman–Crippen MR) is 74.6 cm³/mol. The minimum Gasteiger partial charge on any atom is -0.476 e. The molecule has 1 aromatic carbocycles. The molecule has 2 rings (SSSR count). The maximum absolute atomic E-state index is 11.8. The average Bonchev–Trinajstić information content (AvgIpc) is 2.35. The van der Waals surface area contributed by atoms with Gasteiger partial charge in [-0.3, -0.25) is 9.78 Å². The van der Waals surface area contributed by atoms with Crippen LogP contribution in [-0.2, 0) is 0 Å². The number of hydrogen-bond acceptors (Lipinski definition) is 4. The molecule has 8 heteroatoms. The zero-order chi connectivity index (χ0) is 15.0. The van der Waals surface area contributed by atoms with Gasteiger partial charge in [0.1, 0.15) is 0 Å². The summed E-state index contributed by atoms with van der Waals surface area (Å²) in [6.45, 7) is 3.66. The first-order chi connectivity index (χ1) is 9.31. The van der Waals surface area contributed by atoms with Crippen LogP contribution < -0.4 is 11.2 Å². The molecule has 7 nitrogen and oxygen atoms in total. The maximum atomic E-state index is 11.8. The quantitative estimate of drug-likeness (QED) is 0.849. The molecule has 0 unspecified atom stereocenters. The Hall–Kier alpha value is -2.22. The summed E-state index contributed by atoms with van der Waals surface area (Å²) in [4.78, 5) is 35.9. The maximum Gasteiger partial charge on any atom is 0.362 e. The lowest BCUT2D eigenvalue weighted by molar-refractivity contribution is 0.0685. The van der Waals surface area contributed by atoms with Gasteiger partial charge in [0.25, 0.3) is 5.56 Å². The lowest BCUT2D eigenvalue weighted by Crippen LogP contribution is -2.35. The molecule has 1 aromatic heterocycles. The molecule has 0 radical (unpaired) electrons. The molecule has 0 atom stereocenters. The zero-order valence-electron chi connectivity index (χ0n) is 10.6. The van der Waals surface area contributed by atoms with Gasteiger partial charge in [-0.05, 0) is 37.1 Å². The van der Waals surface area contributed by atoms with Gasteiger partial charge >= 0.3 is 11.7 Å². The molecule has 0 aliphatic carbocycles. The third-order valence-electron chi connectivity index (χ3n) is 2.70. The second-order valence-electron chi connectivity index (χ2n) is 4.22. The van der Waals surface area contributed by atoms with Crippen LogP contribution in [0.3, 0.4) is 0 Å². The number of aryl methyl sites for hydroxylation is 2. The van der Waals surface area contributed by atoms with Crippen molar-refractivity contribution in [2.24, 2.45) is 0 Å². The number of benzene rings is 1. The lowest BCUT2D eigenvalue weighted by atomic mass is 10.1. The van der Waals surface area contributed by atoms with Crippen LogP contribution in [0.25, 0.3) is 5.69 Å². The normalized spacial score (nSPS) is 10.6. The Labute approximate surface area is 121 Å². The van der Waals surface area contributed by atoms with Gasteiger partial charge in [0.05, 0.1) is 5.69 Å². The Kier molecular flexibility index (Phi) is 3.58. The van der Waals surface area contributed by atoms with E-state index in [4.69, 9.17) is 5.11 Å². The predicted octanol–water partition coefficient (Wildman–Crippen LogP) is 0.998. The fourth-order valence-corrected chi connectivity index (χ4v) is 1.99. The number of carbonyl (C=O) groups is 1. The van der Waals surface area contributed by atoms with Crippen molar-refractivity contribution in [3.05, 3.63) is 54.3 Å². The van der Waals surface area contributed by atoms with E-state index in [2.05, 4.69) is 21.0 Å². The van der Waals surface area contributed by atoms with Gasteiger partial charge in [-0.1, -0.05) is 15.9 Å². The number of aromatic amines is 1. The van der Waals surface area contributed by atoms with Gasteiger partial charge in [0.2, 0.25) is 5.69 Å². The molecular weight excluding hydrogens is 330 g/mol. The van der Waals surface area contributed by atoms with Crippen molar-refractivity contribution >= 4 is 21.9 Å². The highest BCUT2D eigenvalue weighted by Gasteiger charge is 2.15. The number of nitrogens with zero attached hydrogens (tertiary/aromatic N) is 2. The number of carboxylic acid groups (broad SMARTS) is 1. The highest BCUT2D eigenvalue weighted by Crippen LogP contribution is 2.23. The van der Waals surface area contributed by atoms with E-state index in [9.17, 15) is 14.4 Å². The van der Waals surface area contributed by atoms with Crippen molar-refractivity contribution in [2.75, 3.05) is 0 Å². The summed E-state index contributed by atoms with van der Waals surface area (Å²) in [6.07, 6.45) is 0. The number of hydrogen-bond donors (Lipinski definition) is 2. The van der Waals surface area contributed by atoms with E-state index in [1.54, 1.807) is 12.1 Å². The third kappa shape index (κ3) is 2.42. The van der Waals surface area contributed by atoms with Crippen LogP contribution in [-0.4, -0.2) is 25.8 Å². The van der Waals surface area contributed by atoms with Crippen molar-refractivity contribution in [2.45, 2.75) is 13.8 Å². The Bertz CT molecular complexity index is 799. The summed E-state index contributed by atoms with van der Waals surface area (Å²) in [5.74, 6) is -1.49. The van der Waals surface area contributed by atoms with Crippen LogP contribution in [0.4, 0.5) is 0 Å². The van der Waals surface area contributed by atoms with E-state index < -0.39 is 22.9 Å². The van der Waals surface area contributed by atoms with Crippen LogP contribution in [0.5, 0.6) is 0 Å². The molecule has 0 amide bonds. The summed E-state index contributed by atoms with van der Waals surface area (Å²) >= 11 is 3.39. The summed E-state index contributed by atoms with van der Waals surface area (Å²) in [7, 11) is 0. The number of nitrogens with one attached hydrogen (secondary N) is 1. The molecule has 0 bridgehead atoms. The van der Waals surface area contributed by atoms with Crippen molar-refractivity contribution in [3.8, 4) is 5.69 Å². The largest absolute Gasteiger partial charge is 0.476 e. The van der Waals surface area contributed by atoms with Gasteiger partial charge < -0.3 is 5.11 Å². The SMILES string of the molecule is Cc1cc(-n2nc(C(=O)O)c(=O)[nH]c2=O)cc(C)c1Br. The molecule has 0 saturated carbocycles. The van der Waals surface area contributed by atoms with E-state index in [0.29, 0.717) is 5.69 Å². The van der Waals surface area contributed by atoms with E-state index in [-0.39, 0.29) is 0 Å². The van der Waals surface area contributed by atoms with Crippen LogP contribution in [0.2, 0.25) is 0 Å². The second kappa shape index (κ2) is 5.04. The third-order valence-corrected chi connectivity index (χ3v) is 3.95. The number of H-pyrrole nitrogens is 1. The topological polar surface area (TPSA) is 105 Å². The zero-order valence-corrected chi connectivity index (χ0v) is 12.2.